The highest BCUT2D eigenvalue weighted by Gasteiger charge is 2.12. The Morgan fingerprint density at radius 3 is 1.65 bits per heavy atom. The molecule has 0 amide bonds. The van der Waals surface area contributed by atoms with Crippen molar-refractivity contribution in [1.29, 1.82) is 0 Å². The number of hydrogen-bond donors (Lipinski definition) is 0. The van der Waals surface area contributed by atoms with Gasteiger partial charge in [-0.3, -0.25) is 0 Å². The van der Waals surface area contributed by atoms with E-state index >= 15 is 0 Å². The second-order valence-electron chi connectivity index (χ2n) is 6.92. The molecule has 2 unspecified atom stereocenters. The molecule has 0 aromatic carbocycles. The first kappa shape index (κ1) is 22.9. The Morgan fingerprint density at radius 2 is 1.13 bits per heavy atom. The lowest BCUT2D eigenvalue weighted by Crippen LogP contribution is -2.18. The molecule has 2 nitrogen and oxygen atoms in total. The molecule has 23 heavy (non-hydrogen) atoms. The minimum Gasteiger partial charge on any atom is -0.381 e. The molecular formula is C21H44O2. The summed E-state index contributed by atoms with van der Waals surface area (Å²) in [4.78, 5) is 0. The van der Waals surface area contributed by atoms with E-state index in [-0.39, 0.29) is 0 Å². The summed E-state index contributed by atoms with van der Waals surface area (Å²) in [5.74, 6) is 0. The molecule has 0 spiro atoms. The van der Waals surface area contributed by atoms with Crippen LogP contribution in [0.5, 0.6) is 0 Å². The third-order valence-corrected chi connectivity index (χ3v) is 4.79. The number of ether oxygens (including phenoxy) is 2. The lowest BCUT2D eigenvalue weighted by Gasteiger charge is -2.20. The van der Waals surface area contributed by atoms with Crippen molar-refractivity contribution in [3.63, 3.8) is 0 Å². The molecule has 2 atom stereocenters. The van der Waals surface area contributed by atoms with E-state index in [0.29, 0.717) is 12.2 Å². The van der Waals surface area contributed by atoms with Crippen LogP contribution >= 0.6 is 0 Å². The second kappa shape index (κ2) is 18.3. The van der Waals surface area contributed by atoms with E-state index < -0.39 is 0 Å². The van der Waals surface area contributed by atoms with Crippen LogP contribution in [0.15, 0.2) is 0 Å². The van der Waals surface area contributed by atoms with Gasteiger partial charge >= 0.3 is 0 Å². The number of hydrogen-bond acceptors (Lipinski definition) is 2. The molecule has 0 aliphatic rings. The van der Waals surface area contributed by atoms with Gasteiger partial charge in [0.25, 0.3) is 0 Å². The van der Waals surface area contributed by atoms with Crippen molar-refractivity contribution >= 4 is 0 Å². The molecule has 0 bridgehead atoms. The Labute approximate surface area is 146 Å². The van der Waals surface area contributed by atoms with E-state index in [9.17, 15) is 0 Å². The number of methoxy groups -OCH3 is 1. The van der Waals surface area contributed by atoms with Crippen LogP contribution in [-0.2, 0) is 9.47 Å². The van der Waals surface area contributed by atoms with E-state index in [1.165, 1.54) is 77.0 Å². The lowest BCUT2D eigenvalue weighted by molar-refractivity contribution is 0.0249. The smallest absolute Gasteiger partial charge is 0.0576 e. The fourth-order valence-electron chi connectivity index (χ4n) is 3.30. The first-order chi connectivity index (χ1) is 11.3. The van der Waals surface area contributed by atoms with Crippen LogP contribution in [0, 0.1) is 0 Å². The first-order valence-corrected chi connectivity index (χ1v) is 10.4. The van der Waals surface area contributed by atoms with Gasteiger partial charge in [-0.05, 0) is 32.6 Å². The fourth-order valence-corrected chi connectivity index (χ4v) is 3.30. The fraction of sp³-hybridized carbons (Fsp3) is 1.00. The molecule has 0 aromatic rings. The van der Waals surface area contributed by atoms with Crippen LogP contribution in [0.4, 0.5) is 0 Å². The highest BCUT2D eigenvalue weighted by Crippen LogP contribution is 2.18. The van der Waals surface area contributed by atoms with Crippen molar-refractivity contribution in [3.8, 4) is 0 Å². The van der Waals surface area contributed by atoms with E-state index in [0.717, 1.165) is 19.4 Å². The van der Waals surface area contributed by atoms with Gasteiger partial charge in [0.1, 0.15) is 0 Å². The molecule has 0 aromatic heterocycles. The topological polar surface area (TPSA) is 18.5 Å². The first-order valence-electron chi connectivity index (χ1n) is 10.4. The largest absolute Gasteiger partial charge is 0.381 e. The Hall–Kier alpha value is -0.0800. The Kier molecular flexibility index (Phi) is 18.2. The van der Waals surface area contributed by atoms with Crippen molar-refractivity contribution in [2.24, 2.45) is 0 Å². The second-order valence-corrected chi connectivity index (χ2v) is 6.92. The minimum absolute atomic E-state index is 0.422. The molecule has 0 fully saturated rings. The van der Waals surface area contributed by atoms with Gasteiger partial charge in [0, 0.05) is 13.7 Å². The zero-order chi connectivity index (χ0) is 17.2. The molecule has 0 aliphatic heterocycles. The van der Waals surface area contributed by atoms with Gasteiger partial charge in [-0.2, -0.15) is 0 Å². The van der Waals surface area contributed by atoms with Crippen LogP contribution < -0.4 is 0 Å². The molecule has 0 saturated carbocycles. The van der Waals surface area contributed by atoms with Crippen LogP contribution in [0.2, 0.25) is 0 Å². The summed E-state index contributed by atoms with van der Waals surface area (Å²) in [7, 11) is 1.84. The van der Waals surface area contributed by atoms with Gasteiger partial charge in [0.2, 0.25) is 0 Å². The summed E-state index contributed by atoms with van der Waals surface area (Å²) in [6.45, 7) is 7.47. The quantitative estimate of drug-likeness (QED) is 0.255. The normalized spacial score (nSPS) is 14.1. The van der Waals surface area contributed by atoms with Gasteiger partial charge in [-0.1, -0.05) is 78.1 Å². The molecule has 0 aliphatic carbocycles. The van der Waals surface area contributed by atoms with Gasteiger partial charge in [-0.15, -0.1) is 0 Å². The highest BCUT2D eigenvalue weighted by molar-refractivity contribution is 4.64. The zero-order valence-corrected chi connectivity index (χ0v) is 16.6. The van der Waals surface area contributed by atoms with Crippen molar-refractivity contribution in [2.75, 3.05) is 13.7 Å². The number of rotatable bonds is 18. The predicted molar refractivity (Wildman–Crippen MR) is 102 cm³/mol. The summed E-state index contributed by atoms with van der Waals surface area (Å²) >= 11 is 0. The molecule has 0 radical (unpaired) electrons. The van der Waals surface area contributed by atoms with E-state index in [4.69, 9.17) is 9.47 Å². The maximum Gasteiger partial charge on any atom is 0.0576 e. The molecule has 0 rings (SSSR count). The molecule has 0 heterocycles. The summed E-state index contributed by atoms with van der Waals surface area (Å²) in [5, 5.41) is 0. The lowest BCUT2D eigenvalue weighted by atomic mass is 10.0. The molecule has 2 heteroatoms. The SMILES string of the molecule is CCCCCCCCCCCC(CCC(CCC)OC)OCC. The standard InChI is InChI=1S/C21H44O2/c1-5-8-9-10-11-12-13-14-15-17-21(23-7-3)19-18-20(22-4)16-6-2/h20-21H,5-19H2,1-4H3. The third kappa shape index (κ3) is 15.2. The van der Waals surface area contributed by atoms with Gasteiger partial charge in [0.15, 0.2) is 0 Å². The Morgan fingerprint density at radius 1 is 0.565 bits per heavy atom. The molecule has 140 valence electrons. The summed E-state index contributed by atoms with van der Waals surface area (Å²) in [6.07, 6.45) is 19.4. The van der Waals surface area contributed by atoms with E-state index in [2.05, 4.69) is 20.8 Å². The van der Waals surface area contributed by atoms with E-state index in [1.54, 1.807) is 0 Å². The molecule has 0 N–H and O–H groups in total. The van der Waals surface area contributed by atoms with Crippen LogP contribution in [-0.4, -0.2) is 25.9 Å². The third-order valence-electron chi connectivity index (χ3n) is 4.79. The summed E-state index contributed by atoms with van der Waals surface area (Å²) < 4.78 is 11.5. The Balaban J connectivity index is 3.63. The van der Waals surface area contributed by atoms with Crippen LogP contribution in [0.3, 0.4) is 0 Å². The molecule has 0 saturated heterocycles. The summed E-state index contributed by atoms with van der Waals surface area (Å²) in [6, 6.07) is 0. The number of unbranched alkanes of at least 4 members (excludes halogenated alkanes) is 8. The average Bonchev–Trinajstić information content (AvgIpc) is 2.56. The maximum absolute atomic E-state index is 5.93. The van der Waals surface area contributed by atoms with Gasteiger partial charge in [-0.25, -0.2) is 0 Å². The van der Waals surface area contributed by atoms with Crippen LogP contribution in [0.25, 0.3) is 0 Å². The van der Waals surface area contributed by atoms with Crippen molar-refractivity contribution in [1.82, 2.24) is 0 Å². The zero-order valence-electron chi connectivity index (χ0n) is 16.6. The van der Waals surface area contributed by atoms with Crippen molar-refractivity contribution in [3.05, 3.63) is 0 Å². The van der Waals surface area contributed by atoms with E-state index in [1.807, 2.05) is 7.11 Å². The predicted octanol–water partition coefficient (Wildman–Crippen LogP) is 6.91. The molecular weight excluding hydrogens is 284 g/mol. The van der Waals surface area contributed by atoms with Gasteiger partial charge in [0.05, 0.1) is 12.2 Å². The highest BCUT2D eigenvalue weighted by atomic mass is 16.5. The average molecular weight is 329 g/mol. The van der Waals surface area contributed by atoms with Crippen molar-refractivity contribution < 1.29 is 9.47 Å². The van der Waals surface area contributed by atoms with Crippen molar-refractivity contribution in [2.45, 2.75) is 123 Å². The van der Waals surface area contributed by atoms with Crippen LogP contribution in [0.1, 0.15) is 111 Å². The monoisotopic (exact) mass is 328 g/mol. The Bertz CT molecular complexity index is 218. The minimum atomic E-state index is 0.422. The van der Waals surface area contributed by atoms with Gasteiger partial charge < -0.3 is 9.47 Å². The summed E-state index contributed by atoms with van der Waals surface area (Å²) in [5.41, 5.74) is 0. The maximum atomic E-state index is 5.93.